The van der Waals surface area contributed by atoms with E-state index < -0.39 is 23.1 Å². The summed E-state index contributed by atoms with van der Waals surface area (Å²) in [7, 11) is 0. The quantitative estimate of drug-likeness (QED) is 0.349. The molecule has 2 aliphatic heterocycles. The summed E-state index contributed by atoms with van der Waals surface area (Å²) in [5, 5.41) is 12.7. The fourth-order valence-electron chi connectivity index (χ4n) is 5.89. The van der Waals surface area contributed by atoms with Crippen molar-refractivity contribution in [3.8, 4) is 22.8 Å². The van der Waals surface area contributed by atoms with Crippen LogP contribution in [-0.2, 0) is 11.0 Å². The summed E-state index contributed by atoms with van der Waals surface area (Å²) in [6, 6.07) is 9.78. The fraction of sp³-hybridized carbons (Fsp3) is 0.370. The Bertz CT molecular complexity index is 1430. The fourth-order valence-corrected chi connectivity index (χ4v) is 6.34. The van der Waals surface area contributed by atoms with Gasteiger partial charge in [0.25, 0.3) is 5.89 Å². The number of hydrogen-bond acceptors (Lipinski definition) is 5. The molecule has 10 heteroatoms. The zero-order chi connectivity index (χ0) is 25.9. The molecule has 1 N–H and O–H groups in total. The minimum Gasteiger partial charge on any atom is -0.481 e. The highest BCUT2D eigenvalue weighted by molar-refractivity contribution is 6.24. The Hall–Kier alpha value is -3.33. The summed E-state index contributed by atoms with van der Waals surface area (Å²) in [4.78, 5) is 17.7. The lowest BCUT2D eigenvalue weighted by atomic mass is 9.91. The second-order valence-electron chi connectivity index (χ2n) is 9.80. The molecule has 3 aliphatic rings. The second-order valence-corrected chi connectivity index (χ2v) is 10.2. The molecule has 0 spiro atoms. The van der Waals surface area contributed by atoms with E-state index >= 15 is 0 Å². The number of allylic oxidation sites excluding steroid dienone is 1. The molecule has 6 nitrogen and oxygen atoms in total. The average molecular weight is 530 g/mol. The molecule has 0 amide bonds. The van der Waals surface area contributed by atoms with Crippen LogP contribution in [0.1, 0.15) is 66.5 Å². The molecular weight excluding hydrogens is 507 g/mol. The maximum atomic E-state index is 13.9. The lowest BCUT2D eigenvalue weighted by Crippen LogP contribution is -2.14. The molecule has 1 unspecified atom stereocenters. The van der Waals surface area contributed by atoms with E-state index in [1.165, 1.54) is 0 Å². The SMILES string of the molecule is O=C(O)CC1=C2C(Cl)c3cc(-c4noc(-c5ccc(C6CCCC6)c(C(F)(F)F)c5)n4)ccc3N2CC1. The maximum Gasteiger partial charge on any atom is 0.416 e. The van der Waals surface area contributed by atoms with Gasteiger partial charge in [0.1, 0.15) is 5.38 Å². The van der Waals surface area contributed by atoms with Crippen LogP contribution in [0.15, 0.2) is 52.2 Å². The van der Waals surface area contributed by atoms with Crippen LogP contribution in [0.5, 0.6) is 0 Å². The van der Waals surface area contributed by atoms with Crippen LogP contribution in [0.2, 0.25) is 0 Å². The van der Waals surface area contributed by atoms with E-state index in [1.54, 1.807) is 18.2 Å². The van der Waals surface area contributed by atoms with Crippen molar-refractivity contribution in [3.05, 3.63) is 64.4 Å². The van der Waals surface area contributed by atoms with Gasteiger partial charge in [-0.2, -0.15) is 18.2 Å². The molecule has 192 valence electrons. The standard InChI is InChI=1S/C27H23ClF3N3O3/c28-23-19-11-16(6-8-21(19)34-10-9-15(24(23)34)13-22(35)36)25-32-26(37-33-25)17-5-7-18(14-3-1-2-4-14)20(12-17)27(29,30)31/h5-8,11-12,14,23H,1-4,9-10,13H2,(H,35,36). The van der Waals surface area contributed by atoms with Crippen LogP contribution in [0.4, 0.5) is 18.9 Å². The number of anilines is 1. The first-order valence-electron chi connectivity index (χ1n) is 12.3. The zero-order valence-corrected chi connectivity index (χ0v) is 20.4. The van der Waals surface area contributed by atoms with Gasteiger partial charge in [0.05, 0.1) is 12.0 Å². The normalized spacial score (nSPS) is 19.6. The van der Waals surface area contributed by atoms with Crippen molar-refractivity contribution in [3.63, 3.8) is 0 Å². The number of hydrogen-bond donors (Lipinski definition) is 1. The monoisotopic (exact) mass is 529 g/mol. The van der Waals surface area contributed by atoms with Crippen LogP contribution >= 0.6 is 11.6 Å². The number of carboxylic acid groups (broad SMARTS) is 1. The van der Waals surface area contributed by atoms with E-state index in [0.29, 0.717) is 24.1 Å². The van der Waals surface area contributed by atoms with Crippen molar-refractivity contribution in [2.75, 3.05) is 11.4 Å². The molecule has 3 aromatic rings. The highest BCUT2D eigenvalue weighted by atomic mass is 35.5. The molecule has 0 saturated heterocycles. The highest BCUT2D eigenvalue weighted by Gasteiger charge is 2.39. The molecule has 6 rings (SSSR count). The number of fused-ring (bicyclic) bond motifs is 3. The van der Waals surface area contributed by atoms with Crippen LogP contribution in [-0.4, -0.2) is 27.8 Å². The van der Waals surface area contributed by atoms with Crippen LogP contribution in [0.25, 0.3) is 22.8 Å². The smallest absolute Gasteiger partial charge is 0.416 e. The van der Waals surface area contributed by atoms with Gasteiger partial charge in [0.2, 0.25) is 5.82 Å². The molecule has 1 fully saturated rings. The Morgan fingerprint density at radius 1 is 1.11 bits per heavy atom. The molecule has 1 aromatic heterocycles. The van der Waals surface area contributed by atoms with Gasteiger partial charge in [-0.3, -0.25) is 4.79 Å². The third-order valence-corrected chi connectivity index (χ3v) is 8.01. The van der Waals surface area contributed by atoms with E-state index in [4.69, 9.17) is 16.1 Å². The number of alkyl halides is 4. The van der Waals surface area contributed by atoms with Crippen LogP contribution in [0, 0.1) is 0 Å². The van der Waals surface area contributed by atoms with E-state index in [0.717, 1.165) is 54.3 Å². The summed E-state index contributed by atoms with van der Waals surface area (Å²) in [5.41, 5.74) is 3.85. The van der Waals surface area contributed by atoms with Crippen LogP contribution < -0.4 is 4.90 Å². The molecule has 1 aliphatic carbocycles. The summed E-state index contributed by atoms with van der Waals surface area (Å²) in [5.74, 6) is -0.732. The number of aromatic nitrogens is 2. The van der Waals surface area contributed by atoms with E-state index in [9.17, 15) is 23.1 Å². The number of halogens is 4. The van der Waals surface area contributed by atoms with Gasteiger partial charge in [-0.1, -0.05) is 24.1 Å². The number of nitrogens with zero attached hydrogens (tertiary/aromatic N) is 3. The number of aliphatic carboxylic acids is 1. The Labute approximate surface area is 215 Å². The van der Waals surface area contributed by atoms with Crippen molar-refractivity contribution in [2.45, 2.75) is 56.0 Å². The summed E-state index contributed by atoms with van der Waals surface area (Å²) < 4.78 is 47.1. The van der Waals surface area contributed by atoms with Gasteiger partial charge in [-0.25, -0.2) is 0 Å². The van der Waals surface area contributed by atoms with Gasteiger partial charge in [0, 0.05) is 34.6 Å². The van der Waals surface area contributed by atoms with Crippen molar-refractivity contribution in [1.29, 1.82) is 0 Å². The maximum absolute atomic E-state index is 13.9. The number of rotatable bonds is 5. The van der Waals surface area contributed by atoms with Gasteiger partial charge in [-0.05, 0) is 66.6 Å². The molecule has 0 bridgehead atoms. The minimum atomic E-state index is -4.48. The Balaban J connectivity index is 1.32. The Morgan fingerprint density at radius 3 is 2.59 bits per heavy atom. The third kappa shape index (κ3) is 4.19. The molecule has 0 radical (unpaired) electrons. The van der Waals surface area contributed by atoms with Gasteiger partial charge in [0.15, 0.2) is 0 Å². The molecule has 3 heterocycles. The zero-order valence-electron chi connectivity index (χ0n) is 19.7. The third-order valence-electron chi connectivity index (χ3n) is 7.57. The van der Waals surface area contributed by atoms with E-state index in [2.05, 4.69) is 10.1 Å². The molecule has 37 heavy (non-hydrogen) atoms. The molecular formula is C27H23ClF3N3O3. The predicted octanol–water partition coefficient (Wildman–Crippen LogP) is 7.31. The van der Waals surface area contributed by atoms with Crippen molar-refractivity contribution in [1.82, 2.24) is 10.1 Å². The largest absolute Gasteiger partial charge is 0.481 e. The second kappa shape index (κ2) is 8.90. The first-order valence-corrected chi connectivity index (χ1v) is 12.7. The first kappa shape index (κ1) is 24.0. The Kier molecular flexibility index (Phi) is 5.78. The first-order chi connectivity index (χ1) is 17.7. The molecule has 2 aromatic carbocycles. The summed E-state index contributed by atoms with van der Waals surface area (Å²) >= 11 is 6.75. The van der Waals surface area contributed by atoms with Crippen LogP contribution in [0.3, 0.4) is 0 Å². The topological polar surface area (TPSA) is 79.5 Å². The van der Waals surface area contributed by atoms with Crippen molar-refractivity contribution in [2.24, 2.45) is 0 Å². The number of carbonyl (C=O) groups is 1. The predicted molar refractivity (Wildman–Crippen MR) is 131 cm³/mol. The van der Waals surface area contributed by atoms with Gasteiger partial charge < -0.3 is 14.5 Å². The van der Waals surface area contributed by atoms with Gasteiger partial charge in [-0.15, -0.1) is 11.6 Å². The average Bonchev–Trinajstić information content (AvgIpc) is 3.65. The van der Waals surface area contributed by atoms with Crippen molar-refractivity contribution >= 4 is 23.3 Å². The number of benzene rings is 2. The van der Waals surface area contributed by atoms with Gasteiger partial charge >= 0.3 is 12.1 Å². The summed E-state index contributed by atoms with van der Waals surface area (Å²) in [6.07, 6.45) is -0.470. The van der Waals surface area contributed by atoms with E-state index in [1.807, 2.05) is 17.0 Å². The molecule has 1 saturated carbocycles. The lowest BCUT2D eigenvalue weighted by Gasteiger charge is -2.18. The van der Waals surface area contributed by atoms with Crippen molar-refractivity contribution < 1.29 is 27.6 Å². The Morgan fingerprint density at radius 2 is 1.86 bits per heavy atom. The lowest BCUT2D eigenvalue weighted by molar-refractivity contribution is -0.138. The molecule has 1 atom stereocenters. The minimum absolute atomic E-state index is 0.00784. The highest BCUT2D eigenvalue weighted by Crippen LogP contribution is 2.51. The van der Waals surface area contributed by atoms with E-state index in [-0.39, 0.29) is 29.6 Å². The summed E-state index contributed by atoms with van der Waals surface area (Å²) in [6.45, 7) is 0.665. The number of carboxylic acids is 1.